The Morgan fingerprint density at radius 2 is 1.86 bits per heavy atom. The number of hydrogen-bond donors (Lipinski definition) is 0. The molecule has 0 atom stereocenters. The average molecular weight is 421 g/mol. The lowest BCUT2D eigenvalue weighted by Crippen LogP contribution is -2.28. The molecular weight excluding hydrogens is 396 g/mol. The summed E-state index contributed by atoms with van der Waals surface area (Å²) in [4.78, 5) is 35.0. The molecule has 7 nitrogen and oxygen atoms in total. The van der Waals surface area contributed by atoms with Crippen LogP contribution < -0.4 is 0 Å². The van der Waals surface area contributed by atoms with E-state index in [4.69, 9.17) is 4.74 Å². The zero-order chi connectivity index (χ0) is 20.9. The lowest BCUT2D eigenvalue weighted by molar-refractivity contribution is -0.122. The summed E-state index contributed by atoms with van der Waals surface area (Å²) in [5.41, 5.74) is 0.303. The number of Topliss-reactive ketones (excluding diaryl/α,β-unsaturated/α-hetero) is 2. The van der Waals surface area contributed by atoms with Gasteiger partial charge in [-0.05, 0) is 24.6 Å². The van der Waals surface area contributed by atoms with Crippen LogP contribution in [0.3, 0.4) is 0 Å². The van der Waals surface area contributed by atoms with E-state index in [-0.39, 0.29) is 23.7 Å². The van der Waals surface area contributed by atoms with Crippen LogP contribution in [0.15, 0.2) is 34.6 Å². The number of methoxy groups -OCH3 is 1. The van der Waals surface area contributed by atoms with Gasteiger partial charge >= 0.3 is 0 Å². The van der Waals surface area contributed by atoms with Crippen molar-refractivity contribution in [2.45, 2.75) is 27.4 Å². The van der Waals surface area contributed by atoms with Crippen molar-refractivity contribution in [3.8, 4) is 5.82 Å². The van der Waals surface area contributed by atoms with E-state index in [1.54, 1.807) is 12.1 Å². The van der Waals surface area contributed by atoms with Gasteiger partial charge in [-0.3, -0.25) is 9.59 Å². The van der Waals surface area contributed by atoms with Crippen LogP contribution in [-0.2, 0) is 16.1 Å². The van der Waals surface area contributed by atoms with Crippen LogP contribution >= 0.6 is 23.5 Å². The molecule has 0 N–H and O–H groups in total. The normalized spacial score (nSPS) is 11.4. The minimum Gasteiger partial charge on any atom is -0.378 e. The van der Waals surface area contributed by atoms with Gasteiger partial charge in [-0.15, -0.1) is 23.5 Å². The van der Waals surface area contributed by atoms with Gasteiger partial charge in [0.15, 0.2) is 17.4 Å². The minimum absolute atomic E-state index is 0.133. The molecule has 9 heteroatoms. The lowest BCUT2D eigenvalue weighted by Gasteiger charge is -2.21. The largest absolute Gasteiger partial charge is 0.378 e. The summed E-state index contributed by atoms with van der Waals surface area (Å²) in [6.45, 7) is 5.56. The molecule has 0 fully saturated rings. The summed E-state index contributed by atoms with van der Waals surface area (Å²) in [5, 5.41) is 4.06. The summed E-state index contributed by atoms with van der Waals surface area (Å²) in [6, 6.07) is 3.34. The fraction of sp³-hybridized carbons (Fsp3) is 0.421. The van der Waals surface area contributed by atoms with Crippen LogP contribution in [0.1, 0.15) is 36.8 Å². The lowest BCUT2D eigenvalue weighted by atomic mass is 9.84. The van der Waals surface area contributed by atoms with E-state index in [1.807, 2.05) is 33.3 Å². The van der Waals surface area contributed by atoms with Crippen LogP contribution in [0.5, 0.6) is 0 Å². The molecule has 2 aromatic rings. The third kappa shape index (κ3) is 4.89. The Morgan fingerprint density at radius 1 is 1.18 bits per heavy atom. The van der Waals surface area contributed by atoms with E-state index in [0.29, 0.717) is 21.3 Å². The van der Waals surface area contributed by atoms with Crippen molar-refractivity contribution in [1.82, 2.24) is 19.7 Å². The molecule has 28 heavy (non-hydrogen) atoms. The quantitative estimate of drug-likeness (QED) is 0.277. The van der Waals surface area contributed by atoms with Crippen molar-refractivity contribution in [2.75, 3.05) is 19.6 Å². The molecule has 0 aliphatic rings. The summed E-state index contributed by atoms with van der Waals surface area (Å²) in [7, 11) is 1.53. The Balaban J connectivity index is 2.61. The summed E-state index contributed by atoms with van der Waals surface area (Å²) >= 11 is 2.79. The van der Waals surface area contributed by atoms with Gasteiger partial charge in [0.2, 0.25) is 0 Å². The monoisotopic (exact) mass is 420 g/mol. The fourth-order valence-electron chi connectivity index (χ4n) is 2.48. The number of carbonyl (C=O) groups excluding carboxylic acids is 2. The number of thioether (sulfide) groups is 2. The molecule has 2 rings (SSSR count). The zero-order valence-electron chi connectivity index (χ0n) is 16.8. The van der Waals surface area contributed by atoms with E-state index >= 15 is 0 Å². The first-order valence-electron chi connectivity index (χ1n) is 8.50. The molecule has 0 aliphatic carbocycles. The molecule has 0 aliphatic heterocycles. The Morgan fingerprint density at radius 3 is 2.36 bits per heavy atom. The van der Waals surface area contributed by atoms with Crippen LogP contribution in [0, 0.1) is 5.41 Å². The van der Waals surface area contributed by atoms with Gasteiger partial charge < -0.3 is 4.74 Å². The number of hydrogen-bond acceptors (Lipinski definition) is 8. The summed E-state index contributed by atoms with van der Waals surface area (Å²) < 4.78 is 7.43. The number of allylic oxidation sites excluding steroid dienone is 1. The molecule has 0 unspecified atom stereocenters. The molecule has 0 saturated heterocycles. The van der Waals surface area contributed by atoms with Gasteiger partial charge in [0, 0.05) is 18.1 Å². The van der Waals surface area contributed by atoms with E-state index in [9.17, 15) is 9.59 Å². The molecule has 150 valence electrons. The second-order valence-corrected chi connectivity index (χ2v) is 8.81. The highest BCUT2D eigenvalue weighted by Crippen LogP contribution is 2.34. The third-order valence-corrected chi connectivity index (χ3v) is 6.00. The molecule has 0 amide bonds. The Kier molecular flexibility index (Phi) is 7.56. The average Bonchev–Trinajstić information content (AvgIpc) is 3.19. The number of nitrogens with zero attached hydrogens (tertiary/aromatic N) is 4. The molecule has 0 radical (unpaired) electrons. The highest BCUT2D eigenvalue weighted by Gasteiger charge is 2.33. The van der Waals surface area contributed by atoms with Crippen molar-refractivity contribution < 1.29 is 14.3 Å². The maximum Gasteiger partial charge on any atom is 0.200 e. The van der Waals surface area contributed by atoms with Crippen molar-refractivity contribution in [3.05, 3.63) is 45.9 Å². The van der Waals surface area contributed by atoms with Gasteiger partial charge in [0.1, 0.15) is 12.7 Å². The number of aromatic nitrogens is 4. The second kappa shape index (κ2) is 9.49. The molecule has 0 saturated carbocycles. The Hall–Kier alpha value is -1.97. The maximum absolute atomic E-state index is 13.4. The standard InChI is InChI=1S/C19H24N4O3S2/c1-19(2,3)17(25)15(18(27-5)28-6)16(24)12-7-8-14(22-13(12)9-26-4)23-11-20-10-21-23/h7-8,10-11H,9H2,1-6H3. The third-order valence-electron chi connectivity index (χ3n) is 3.85. The van der Waals surface area contributed by atoms with Gasteiger partial charge in [0.25, 0.3) is 0 Å². The van der Waals surface area contributed by atoms with Crippen LogP contribution in [0.25, 0.3) is 5.82 Å². The number of carbonyl (C=O) groups is 2. The molecule has 0 bridgehead atoms. The molecule has 2 heterocycles. The topological polar surface area (TPSA) is 87.0 Å². The second-order valence-electron chi connectivity index (χ2n) is 6.92. The SMILES string of the molecule is COCc1nc(-n2cncn2)ccc1C(=O)C(C(=O)C(C)(C)C)=C(SC)SC. The van der Waals surface area contributed by atoms with Crippen molar-refractivity contribution in [1.29, 1.82) is 0 Å². The number of rotatable bonds is 8. The highest BCUT2D eigenvalue weighted by molar-refractivity contribution is 8.21. The van der Waals surface area contributed by atoms with Crippen LogP contribution in [-0.4, -0.2) is 50.9 Å². The first-order chi connectivity index (χ1) is 13.2. The predicted molar refractivity (Wildman–Crippen MR) is 113 cm³/mol. The summed E-state index contributed by atoms with van der Waals surface area (Å²) in [6.07, 6.45) is 6.64. The van der Waals surface area contributed by atoms with Gasteiger partial charge in [0.05, 0.1) is 22.1 Å². The molecular formula is C19H24N4O3S2. The van der Waals surface area contributed by atoms with E-state index < -0.39 is 5.41 Å². The van der Waals surface area contributed by atoms with Crippen LogP contribution in [0.2, 0.25) is 0 Å². The van der Waals surface area contributed by atoms with E-state index in [2.05, 4.69) is 15.1 Å². The predicted octanol–water partition coefficient (Wildman–Crippen LogP) is 3.54. The molecule has 0 aromatic carbocycles. The summed E-state index contributed by atoms with van der Waals surface area (Å²) in [5.74, 6) is -0.0213. The van der Waals surface area contributed by atoms with Gasteiger partial charge in [-0.2, -0.15) is 5.10 Å². The van der Waals surface area contributed by atoms with E-state index in [0.717, 1.165) is 0 Å². The van der Waals surface area contributed by atoms with Crippen LogP contribution in [0.4, 0.5) is 0 Å². The molecule has 0 spiro atoms. The Bertz CT molecular complexity index is 881. The Labute approximate surface area is 173 Å². The van der Waals surface area contributed by atoms with Crippen molar-refractivity contribution in [2.24, 2.45) is 5.41 Å². The minimum atomic E-state index is -0.683. The fourth-order valence-corrected chi connectivity index (χ4v) is 3.93. The van der Waals surface area contributed by atoms with Gasteiger partial charge in [-0.1, -0.05) is 20.8 Å². The number of pyridine rings is 1. The zero-order valence-corrected chi connectivity index (χ0v) is 18.5. The van der Waals surface area contributed by atoms with Crippen molar-refractivity contribution >= 4 is 35.1 Å². The highest BCUT2D eigenvalue weighted by atomic mass is 32.2. The van der Waals surface area contributed by atoms with Crippen molar-refractivity contribution in [3.63, 3.8) is 0 Å². The van der Waals surface area contributed by atoms with Gasteiger partial charge in [-0.25, -0.2) is 14.6 Å². The number of ketones is 2. The molecule has 2 aromatic heterocycles. The number of ether oxygens (including phenoxy) is 1. The van der Waals surface area contributed by atoms with E-state index in [1.165, 1.54) is 48.0 Å². The first-order valence-corrected chi connectivity index (χ1v) is 10.9. The smallest absolute Gasteiger partial charge is 0.200 e. The first kappa shape index (κ1) is 22.3. The maximum atomic E-state index is 13.4.